The van der Waals surface area contributed by atoms with E-state index in [2.05, 4.69) is 16.4 Å². The van der Waals surface area contributed by atoms with E-state index >= 15 is 0 Å². The average molecular weight is 346 g/mol. The molecule has 1 N–H and O–H groups in total. The van der Waals surface area contributed by atoms with Crippen LogP contribution >= 0.6 is 0 Å². The topological polar surface area (TPSA) is 89.2 Å². The number of carbonyl (C=O) groups excluding carboxylic acids is 1. The Morgan fingerprint density at radius 2 is 2.12 bits per heavy atom. The molecule has 0 bridgehead atoms. The summed E-state index contributed by atoms with van der Waals surface area (Å²) in [6.07, 6.45) is 3.35. The number of benzene rings is 1. The summed E-state index contributed by atoms with van der Waals surface area (Å²) in [5.74, 6) is 0.909. The summed E-state index contributed by atoms with van der Waals surface area (Å²) in [4.78, 5) is 16.9. The molecule has 7 nitrogen and oxygen atoms in total. The van der Waals surface area contributed by atoms with Gasteiger partial charge < -0.3 is 19.4 Å². The van der Waals surface area contributed by atoms with Gasteiger partial charge in [-0.15, -0.1) is 0 Å². The molecule has 26 heavy (non-hydrogen) atoms. The van der Waals surface area contributed by atoms with Crippen LogP contribution in [0.2, 0.25) is 0 Å². The third-order valence-corrected chi connectivity index (χ3v) is 4.01. The highest BCUT2D eigenvalue weighted by Gasteiger charge is 2.20. The Morgan fingerprint density at radius 3 is 2.92 bits per heavy atom. The standard InChI is InChI=1S/C19H14N4O3/c20-10-13-6-8-23(15-4-5-16-17(9-15)26-12-25-16)18(13)19(24)22-11-14-3-1-2-7-21-14/h1-9H,11-12H2,(H,22,24). The van der Waals surface area contributed by atoms with Crippen molar-refractivity contribution in [1.82, 2.24) is 14.9 Å². The van der Waals surface area contributed by atoms with E-state index in [4.69, 9.17) is 9.47 Å². The molecule has 3 heterocycles. The number of ether oxygens (including phenoxy) is 2. The molecular weight excluding hydrogens is 332 g/mol. The van der Waals surface area contributed by atoms with Gasteiger partial charge in [0.05, 0.1) is 17.8 Å². The molecule has 0 unspecified atom stereocenters. The number of fused-ring (bicyclic) bond motifs is 1. The molecule has 0 saturated carbocycles. The molecule has 0 atom stereocenters. The smallest absolute Gasteiger partial charge is 0.269 e. The van der Waals surface area contributed by atoms with E-state index in [0.29, 0.717) is 22.7 Å². The highest BCUT2D eigenvalue weighted by Crippen LogP contribution is 2.34. The molecule has 4 rings (SSSR count). The van der Waals surface area contributed by atoms with Crippen molar-refractivity contribution >= 4 is 5.91 Å². The van der Waals surface area contributed by atoms with Gasteiger partial charge >= 0.3 is 0 Å². The van der Waals surface area contributed by atoms with E-state index in [1.54, 1.807) is 35.2 Å². The highest BCUT2D eigenvalue weighted by atomic mass is 16.7. The summed E-state index contributed by atoms with van der Waals surface area (Å²) in [6.45, 7) is 0.447. The van der Waals surface area contributed by atoms with Crippen LogP contribution in [0.25, 0.3) is 5.69 Å². The first kappa shape index (κ1) is 15.7. The fraction of sp³-hybridized carbons (Fsp3) is 0.105. The van der Waals surface area contributed by atoms with Crippen molar-refractivity contribution in [3.63, 3.8) is 0 Å². The minimum Gasteiger partial charge on any atom is -0.454 e. The molecule has 7 heteroatoms. The molecule has 3 aromatic rings. The monoisotopic (exact) mass is 346 g/mol. The Hall–Kier alpha value is -3.79. The minimum atomic E-state index is -0.352. The molecule has 0 aliphatic carbocycles. The fourth-order valence-electron chi connectivity index (χ4n) is 2.76. The first-order chi connectivity index (χ1) is 12.8. The van der Waals surface area contributed by atoms with E-state index in [-0.39, 0.29) is 24.9 Å². The molecule has 0 fully saturated rings. The molecule has 2 aromatic heterocycles. The number of nitrogens with one attached hydrogen (secondary N) is 1. The SMILES string of the molecule is N#Cc1ccn(-c2ccc3c(c2)OCO3)c1C(=O)NCc1ccccn1. The van der Waals surface area contributed by atoms with Crippen LogP contribution in [0.15, 0.2) is 54.9 Å². The summed E-state index contributed by atoms with van der Waals surface area (Å²) in [5, 5.41) is 12.2. The number of carbonyl (C=O) groups is 1. The molecule has 0 saturated heterocycles. The molecule has 128 valence electrons. The highest BCUT2D eigenvalue weighted by molar-refractivity contribution is 5.95. The first-order valence-electron chi connectivity index (χ1n) is 7.96. The Kier molecular flexibility index (Phi) is 4.00. The maximum atomic E-state index is 12.7. The second-order valence-corrected chi connectivity index (χ2v) is 5.60. The zero-order valence-electron chi connectivity index (χ0n) is 13.7. The number of hydrogen-bond acceptors (Lipinski definition) is 5. The van der Waals surface area contributed by atoms with Crippen molar-refractivity contribution in [3.8, 4) is 23.3 Å². The van der Waals surface area contributed by atoms with Crippen molar-refractivity contribution in [1.29, 1.82) is 5.26 Å². The third-order valence-electron chi connectivity index (χ3n) is 4.01. The number of amides is 1. The maximum Gasteiger partial charge on any atom is 0.269 e. The van der Waals surface area contributed by atoms with E-state index < -0.39 is 0 Å². The molecule has 1 aromatic carbocycles. The quantitative estimate of drug-likeness (QED) is 0.783. The molecule has 1 aliphatic rings. The van der Waals surface area contributed by atoms with Crippen LogP contribution in [-0.4, -0.2) is 22.3 Å². The summed E-state index contributed by atoms with van der Waals surface area (Å²) < 4.78 is 12.4. The lowest BCUT2D eigenvalue weighted by atomic mass is 10.2. The first-order valence-corrected chi connectivity index (χ1v) is 7.96. The van der Waals surface area contributed by atoms with E-state index in [0.717, 1.165) is 5.69 Å². The van der Waals surface area contributed by atoms with E-state index in [1.807, 2.05) is 24.3 Å². The molecule has 0 radical (unpaired) electrons. The van der Waals surface area contributed by atoms with Crippen LogP contribution in [0.4, 0.5) is 0 Å². The summed E-state index contributed by atoms with van der Waals surface area (Å²) in [6, 6.07) is 14.5. The average Bonchev–Trinajstić information content (AvgIpc) is 3.32. The Bertz CT molecular complexity index is 1010. The molecule has 1 aliphatic heterocycles. The zero-order valence-corrected chi connectivity index (χ0v) is 13.7. The minimum absolute atomic E-state index is 0.172. The van der Waals surface area contributed by atoms with Crippen LogP contribution in [0.5, 0.6) is 11.5 Å². The number of pyridine rings is 1. The van der Waals surface area contributed by atoms with Gasteiger partial charge in [-0.05, 0) is 30.3 Å². The number of hydrogen-bond donors (Lipinski definition) is 1. The van der Waals surface area contributed by atoms with Crippen LogP contribution in [-0.2, 0) is 6.54 Å². The van der Waals surface area contributed by atoms with Crippen LogP contribution in [0.3, 0.4) is 0 Å². The van der Waals surface area contributed by atoms with Gasteiger partial charge in [0.1, 0.15) is 11.8 Å². The van der Waals surface area contributed by atoms with Crippen LogP contribution < -0.4 is 14.8 Å². The lowest BCUT2D eigenvalue weighted by Crippen LogP contribution is -2.26. The maximum absolute atomic E-state index is 12.7. The van der Waals surface area contributed by atoms with Gasteiger partial charge in [0.25, 0.3) is 5.91 Å². The number of aromatic nitrogens is 2. The summed E-state index contributed by atoms with van der Waals surface area (Å²) >= 11 is 0. The van der Waals surface area contributed by atoms with Crippen molar-refractivity contribution in [2.45, 2.75) is 6.54 Å². The van der Waals surface area contributed by atoms with E-state index in [9.17, 15) is 10.1 Å². The number of rotatable bonds is 4. The van der Waals surface area contributed by atoms with Gasteiger partial charge in [0, 0.05) is 24.1 Å². The zero-order chi connectivity index (χ0) is 17.9. The van der Waals surface area contributed by atoms with Gasteiger partial charge in [-0.2, -0.15) is 5.26 Å². The Labute approximate surface area is 149 Å². The normalized spacial score (nSPS) is 11.8. The lowest BCUT2D eigenvalue weighted by molar-refractivity contribution is 0.0943. The molecule has 0 spiro atoms. The van der Waals surface area contributed by atoms with Crippen molar-refractivity contribution in [2.24, 2.45) is 0 Å². The predicted molar refractivity (Wildman–Crippen MR) is 92.0 cm³/mol. The van der Waals surface area contributed by atoms with Gasteiger partial charge in [-0.1, -0.05) is 6.07 Å². The predicted octanol–water partition coefficient (Wildman–Crippen LogP) is 2.40. The van der Waals surface area contributed by atoms with Gasteiger partial charge in [-0.3, -0.25) is 9.78 Å². The summed E-state index contributed by atoms with van der Waals surface area (Å²) in [5.41, 5.74) is 2.00. The third kappa shape index (κ3) is 2.84. The second-order valence-electron chi connectivity index (χ2n) is 5.60. The Balaban J connectivity index is 1.64. The molecule has 1 amide bonds. The molecular formula is C19H14N4O3. The number of nitrogens with zero attached hydrogens (tertiary/aromatic N) is 3. The van der Waals surface area contributed by atoms with Gasteiger partial charge in [0.15, 0.2) is 11.5 Å². The van der Waals surface area contributed by atoms with Crippen LogP contribution in [0, 0.1) is 11.3 Å². The fourth-order valence-corrected chi connectivity index (χ4v) is 2.76. The van der Waals surface area contributed by atoms with Gasteiger partial charge in [-0.25, -0.2) is 0 Å². The second kappa shape index (κ2) is 6.61. The Morgan fingerprint density at radius 1 is 1.23 bits per heavy atom. The van der Waals surface area contributed by atoms with Crippen molar-refractivity contribution in [2.75, 3.05) is 6.79 Å². The van der Waals surface area contributed by atoms with Crippen molar-refractivity contribution in [3.05, 3.63) is 71.8 Å². The van der Waals surface area contributed by atoms with Crippen molar-refractivity contribution < 1.29 is 14.3 Å². The number of nitriles is 1. The lowest BCUT2D eigenvalue weighted by Gasteiger charge is -2.11. The van der Waals surface area contributed by atoms with Crippen LogP contribution in [0.1, 0.15) is 21.7 Å². The van der Waals surface area contributed by atoms with E-state index in [1.165, 1.54) is 0 Å². The summed E-state index contributed by atoms with van der Waals surface area (Å²) in [7, 11) is 0. The largest absolute Gasteiger partial charge is 0.454 e. The van der Waals surface area contributed by atoms with Gasteiger partial charge in [0.2, 0.25) is 6.79 Å².